The second kappa shape index (κ2) is 12.3. The van der Waals surface area contributed by atoms with Crippen molar-refractivity contribution in [3.05, 3.63) is 90.6 Å². The van der Waals surface area contributed by atoms with Crippen LogP contribution in [0.1, 0.15) is 18.9 Å². The predicted octanol–water partition coefficient (Wildman–Crippen LogP) is 6.46. The maximum absolute atomic E-state index is 15.7. The molecule has 0 aliphatic heterocycles. The SMILES string of the molecule is CCCSNc1ccc(F)c(-n2cc(-c3cncnc3)c3nc(N(C)Cc4cccc(OS(=O)(=O)F)c4)ccc32)c1F. The van der Waals surface area contributed by atoms with E-state index in [1.165, 1.54) is 47.1 Å². The largest absolute Gasteiger partial charge is 0.488 e. The highest BCUT2D eigenvalue weighted by molar-refractivity contribution is 8.00. The number of benzene rings is 2. The van der Waals surface area contributed by atoms with E-state index >= 15 is 8.78 Å². The van der Waals surface area contributed by atoms with Gasteiger partial charge < -0.3 is 18.4 Å². The molecule has 1 N–H and O–H groups in total. The summed E-state index contributed by atoms with van der Waals surface area (Å²) in [6.07, 6.45) is 7.03. The first-order valence-electron chi connectivity index (χ1n) is 12.7. The lowest BCUT2D eigenvalue weighted by Crippen LogP contribution is -2.17. The van der Waals surface area contributed by atoms with Gasteiger partial charge in [0.1, 0.15) is 29.4 Å². The first-order valence-corrected chi connectivity index (χ1v) is 15.0. The Kier molecular flexibility index (Phi) is 8.54. The average Bonchev–Trinajstić information content (AvgIpc) is 3.33. The van der Waals surface area contributed by atoms with E-state index in [0.717, 1.165) is 12.2 Å². The lowest BCUT2D eigenvalue weighted by molar-refractivity contribution is 0.440. The summed E-state index contributed by atoms with van der Waals surface area (Å²) in [6.45, 7) is 2.27. The number of anilines is 2. The van der Waals surface area contributed by atoms with Gasteiger partial charge in [0.2, 0.25) is 0 Å². The highest BCUT2D eigenvalue weighted by Crippen LogP contribution is 2.36. The Hall–Kier alpha value is -4.30. The van der Waals surface area contributed by atoms with Crippen LogP contribution in [0.3, 0.4) is 0 Å². The number of pyridine rings is 1. The van der Waals surface area contributed by atoms with Gasteiger partial charge in [0.15, 0.2) is 5.82 Å². The molecule has 0 unspecified atom stereocenters. The number of aromatic nitrogens is 4. The fourth-order valence-electron chi connectivity index (χ4n) is 4.38. The van der Waals surface area contributed by atoms with E-state index in [-0.39, 0.29) is 23.7 Å². The minimum absolute atomic E-state index is 0.160. The van der Waals surface area contributed by atoms with Gasteiger partial charge >= 0.3 is 10.5 Å². The zero-order valence-electron chi connectivity index (χ0n) is 22.5. The summed E-state index contributed by atoms with van der Waals surface area (Å²) >= 11 is 1.33. The minimum Gasteiger partial charge on any atom is -0.358 e. The molecule has 0 fully saturated rings. The van der Waals surface area contributed by atoms with Gasteiger partial charge in [0.05, 0.1) is 16.7 Å². The third kappa shape index (κ3) is 6.44. The molecule has 0 aliphatic carbocycles. The topological polar surface area (TPSA) is 102 Å². The number of nitrogens with one attached hydrogen (secondary N) is 1. The Morgan fingerprint density at radius 1 is 1.10 bits per heavy atom. The third-order valence-electron chi connectivity index (χ3n) is 6.20. The number of hydrogen-bond acceptors (Lipinski definition) is 9. The van der Waals surface area contributed by atoms with E-state index < -0.39 is 22.1 Å². The van der Waals surface area contributed by atoms with Crippen LogP contribution in [0.15, 0.2) is 73.4 Å². The number of hydrogen-bond donors (Lipinski definition) is 1. The number of nitrogens with zero attached hydrogens (tertiary/aromatic N) is 5. The van der Waals surface area contributed by atoms with Gasteiger partial charge in [-0.1, -0.05) is 34.9 Å². The Morgan fingerprint density at radius 2 is 1.88 bits per heavy atom. The highest BCUT2D eigenvalue weighted by atomic mass is 32.3. The van der Waals surface area contributed by atoms with E-state index in [4.69, 9.17) is 4.98 Å². The van der Waals surface area contributed by atoms with Crippen molar-refractivity contribution in [3.8, 4) is 22.6 Å². The van der Waals surface area contributed by atoms with Crippen LogP contribution in [0.4, 0.5) is 24.2 Å². The highest BCUT2D eigenvalue weighted by Gasteiger charge is 2.22. The zero-order chi connectivity index (χ0) is 29.9. The molecule has 14 heteroatoms. The smallest absolute Gasteiger partial charge is 0.358 e. The van der Waals surface area contributed by atoms with Crippen molar-refractivity contribution in [2.24, 2.45) is 0 Å². The molecule has 5 aromatic rings. The molecule has 0 saturated heterocycles. The van der Waals surface area contributed by atoms with E-state index in [2.05, 4.69) is 18.9 Å². The maximum Gasteiger partial charge on any atom is 0.488 e. The van der Waals surface area contributed by atoms with Gasteiger partial charge in [-0.2, -0.15) is 8.42 Å². The summed E-state index contributed by atoms with van der Waals surface area (Å²) in [6, 6.07) is 12.0. The monoisotopic (exact) mass is 614 g/mol. The molecule has 0 bridgehead atoms. The van der Waals surface area contributed by atoms with Crippen LogP contribution in [0.2, 0.25) is 0 Å². The standard InChI is InChI=1S/C28H25F3N6O3S2/c1-3-11-41-35-23-8-7-22(29)28(26(23)30)37-16-21(19-13-32-17-33-14-19)27-24(37)9-10-25(34-27)36(2)15-18-5-4-6-20(12-18)40-42(31,38)39/h4-10,12-14,16-17,35H,3,11,15H2,1-2H3. The van der Waals surface area contributed by atoms with E-state index in [0.29, 0.717) is 33.5 Å². The Morgan fingerprint density at radius 3 is 2.62 bits per heavy atom. The van der Waals surface area contributed by atoms with Crippen molar-refractivity contribution in [2.45, 2.75) is 19.9 Å². The van der Waals surface area contributed by atoms with Gasteiger partial charge in [-0.15, -0.1) is 0 Å². The number of halogens is 3. The zero-order valence-corrected chi connectivity index (χ0v) is 24.1. The Labute approximate surface area is 244 Å². The van der Waals surface area contributed by atoms with Gasteiger partial charge in [0.25, 0.3) is 0 Å². The van der Waals surface area contributed by atoms with Crippen LogP contribution < -0.4 is 13.8 Å². The molecule has 0 atom stereocenters. The number of rotatable bonds is 11. The molecule has 218 valence electrons. The van der Waals surface area contributed by atoms with Crippen LogP contribution >= 0.6 is 11.9 Å². The fraction of sp³-hybridized carbons (Fsp3) is 0.179. The molecule has 3 aromatic heterocycles. The number of fused-ring (bicyclic) bond motifs is 1. The second-order valence-electron chi connectivity index (χ2n) is 9.27. The van der Waals surface area contributed by atoms with E-state index in [1.54, 1.807) is 54.8 Å². The molecule has 0 aliphatic rings. The van der Waals surface area contributed by atoms with Crippen LogP contribution in [-0.4, -0.2) is 40.7 Å². The summed E-state index contributed by atoms with van der Waals surface area (Å²) in [7, 11) is -3.40. The maximum atomic E-state index is 15.7. The van der Waals surface area contributed by atoms with E-state index in [1.807, 2.05) is 6.92 Å². The molecular weight excluding hydrogens is 589 g/mol. The molecule has 5 rings (SSSR count). The molecule has 42 heavy (non-hydrogen) atoms. The molecule has 0 saturated carbocycles. The molecular formula is C28H25F3N6O3S2. The predicted molar refractivity (Wildman–Crippen MR) is 158 cm³/mol. The van der Waals surface area contributed by atoms with Crippen LogP contribution in [0, 0.1) is 11.6 Å². The summed E-state index contributed by atoms with van der Waals surface area (Å²) in [5, 5.41) is 0. The van der Waals surface area contributed by atoms with Crippen molar-refractivity contribution >= 4 is 45.0 Å². The fourth-order valence-corrected chi connectivity index (χ4v) is 5.33. The molecule has 9 nitrogen and oxygen atoms in total. The van der Waals surface area contributed by atoms with Gasteiger partial charge in [-0.05, 0) is 48.4 Å². The van der Waals surface area contributed by atoms with Gasteiger partial charge in [0, 0.05) is 49.1 Å². The van der Waals surface area contributed by atoms with Gasteiger partial charge in [-0.3, -0.25) is 0 Å². The molecule has 3 heterocycles. The average molecular weight is 615 g/mol. The summed E-state index contributed by atoms with van der Waals surface area (Å²) < 4.78 is 74.4. The van der Waals surface area contributed by atoms with E-state index in [9.17, 15) is 12.3 Å². The van der Waals surface area contributed by atoms with Crippen LogP contribution in [0.5, 0.6) is 5.75 Å². The minimum atomic E-state index is -5.16. The first kappa shape index (κ1) is 29.2. The molecule has 0 spiro atoms. The summed E-state index contributed by atoms with van der Waals surface area (Å²) in [4.78, 5) is 14.8. The van der Waals surface area contributed by atoms with Gasteiger partial charge in [-0.25, -0.2) is 23.7 Å². The molecule has 0 radical (unpaired) electrons. The summed E-state index contributed by atoms with van der Waals surface area (Å²) in [5.41, 5.74) is 2.59. The second-order valence-corrected chi connectivity index (χ2v) is 11.1. The third-order valence-corrected chi connectivity index (χ3v) is 7.57. The Balaban J connectivity index is 1.57. The van der Waals surface area contributed by atoms with Crippen molar-refractivity contribution in [1.29, 1.82) is 0 Å². The first-order chi connectivity index (χ1) is 20.1. The van der Waals surface area contributed by atoms with Crippen molar-refractivity contribution < 1.29 is 25.3 Å². The lowest BCUT2D eigenvalue weighted by Gasteiger charge is -2.19. The lowest BCUT2D eigenvalue weighted by atomic mass is 10.1. The van der Waals surface area contributed by atoms with Crippen molar-refractivity contribution in [3.63, 3.8) is 0 Å². The summed E-state index contributed by atoms with van der Waals surface area (Å²) in [5.74, 6) is -0.391. The van der Waals surface area contributed by atoms with Crippen LogP contribution in [0.25, 0.3) is 27.8 Å². The quantitative estimate of drug-likeness (QED) is 0.102. The van der Waals surface area contributed by atoms with Crippen molar-refractivity contribution in [2.75, 3.05) is 22.4 Å². The van der Waals surface area contributed by atoms with Crippen molar-refractivity contribution in [1.82, 2.24) is 19.5 Å². The molecule has 0 amide bonds. The Bertz CT molecular complexity index is 1840. The molecule has 2 aromatic carbocycles. The van der Waals surface area contributed by atoms with Crippen LogP contribution in [-0.2, 0) is 17.0 Å². The normalized spacial score (nSPS) is 11.5.